The molecule has 0 aliphatic rings. The van der Waals surface area contributed by atoms with Crippen LogP contribution in [0.5, 0.6) is 0 Å². The molecule has 0 fully saturated rings. The van der Waals surface area contributed by atoms with Crippen LogP contribution in [0.15, 0.2) is 30.7 Å². The van der Waals surface area contributed by atoms with Crippen LogP contribution in [-0.4, -0.2) is 26.7 Å². The Morgan fingerprint density at radius 1 is 1.15 bits per heavy atom. The van der Waals surface area contributed by atoms with E-state index in [1.165, 1.54) is 12.8 Å². The molecule has 0 amide bonds. The van der Waals surface area contributed by atoms with Gasteiger partial charge in [-0.25, -0.2) is 0 Å². The van der Waals surface area contributed by atoms with Crippen molar-refractivity contribution < 1.29 is 0 Å². The summed E-state index contributed by atoms with van der Waals surface area (Å²) in [7, 11) is 0. The predicted molar refractivity (Wildman–Crippen MR) is 79.4 cm³/mol. The second-order valence-electron chi connectivity index (χ2n) is 4.51. The summed E-state index contributed by atoms with van der Waals surface area (Å²) in [5, 5.41) is 14.3. The van der Waals surface area contributed by atoms with E-state index < -0.39 is 0 Å². The summed E-state index contributed by atoms with van der Waals surface area (Å²) < 4.78 is 0. The van der Waals surface area contributed by atoms with Crippen LogP contribution in [0.2, 0.25) is 0 Å². The zero-order valence-electron chi connectivity index (χ0n) is 11.7. The second kappa shape index (κ2) is 8.04. The lowest BCUT2D eigenvalue weighted by Gasteiger charge is -2.07. The predicted octanol–water partition coefficient (Wildman–Crippen LogP) is 2.48. The molecule has 0 spiro atoms. The van der Waals surface area contributed by atoms with Crippen molar-refractivity contribution in [3.63, 3.8) is 0 Å². The first-order valence-corrected chi connectivity index (χ1v) is 6.95. The molecule has 0 atom stereocenters. The minimum absolute atomic E-state index is 0.567. The van der Waals surface area contributed by atoms with Crippen molar-refractivity contribution in [3.8, 4) is 0 Å². The lowest BCUT2D eigenvalue weighted by Crippen LogP contribution is -2.09. The maximum Gasteiger partial charge on any atom is 0.244 e. The first kappa shape index (κ1) is 14.2. The Bertz CT molecular complexity index is 502. The van der Waals surface area contributed by atoms with Gasteiger partial charge in [-0.15, -0.1) is 5.10 Å². The van der Waals surface area contributed by atoms with E-state index in [1.54, 1.807) is 12.4 Å². The summed E-state index contributed by atoms with van der Waals surface area (Å²) in [5.41, 5.74) is 1.10. The molecule has 2 aromatic rings. The fraction of sp³-hybridized carbons (Fsp3) is 0.429. The van der Waals surface area contributed by atoms with Crippen molar-refractivity contribution in [2.75, 3.05) is 17.2 Å². The van der Waals surface area contributed by atoms with Crippen LogP contribution in [0.25, 0.3) is 0 Å². The highest BCUT2D eigenvalue weighted by molar-refractivity contribution is 5.37. The van der Waals surface area contributed by atoms with Crippen LogP contribution in [0.1, 0.15) is 31.7 Å². The van der Waals surface area contributed by atoms with Crippen molar-refractivity contribution in [2.45, 2.75) is 32.7 Å². The van der Waals surface area contributed by atoms with Gasteiger partial charge < -0.3 is 10.6 Å². The normalized spacial score (nSPS) is 10.2. The second-order valence-corrected chi connectivity index (χ2v) is 4.51. The molecule has 0 saturated carbocycles. The van der Waals surface area contributed by atoms with Crippen LogP contribution < -0.4 is 10.6 Å². The van der Waals surface area contributed by atoms with Crippen LogP contribution in [0.3, 0.4) is 0 Å². The summed E-state index contributed by atoms with van der Waals surface area (Å²) in [5.74, 6) is 1.28. The molecule has 0 radical (unpaired) electrons. The topological polar surface area (TPSA) is 75.6 Å². The number of unbranched alkanes of at least 4 members (excludes halogenated alkanes) is 2. The molecule has 2 heterocycles. The number of hydrogen-bond donors (Lipinski definition) is 2. The summed E-state index contributed by atoms with van der Waals surface area (Å²) >= 11 is 0. The Kier molecular flexibility index (Phi) is 5.70. The maximum atomic E-state index is 4.37. The number of hydrogen-bond acceptors (Lipinski definition) is 6. The van der Waals surface area contributed by atoms with Gasteiger partial charge in [-0.1, -0.05) is 25.8 Å². The Labute approximate surface area is 119 Å². The van der Waals surface area contributed by atoms with Gasteiger partial charge in [0, 0.05) is 25.5 Å². The summed E-state index contributed by atoms with van der Waals surface area (Å²) in [6.45, 7) is 3.73. The standard InChI is InChI=1S/C14H20N6/c1-2-3-4-8-16-14-19-13(11-18-20-14)17-10-12-6-5-7-15-9-12/h5-7,9,11H,2-4,8,10H2,1H3,(H2,16,17,19,20). The fourth-order valence-corrected chi connectivity index (χ4v) is 1.73. The molecule has 0 saturated heterocycles. The third-order valence-electron chi connectivity index (χ3n) is 2.82. The number of aromatic nitrogens is 4. The largest absolute Gasteiger partial charge is 0.364 e. The van der Waals surface area contributed by atoms with Crippen LogP contribution >= 0.6 is 0 Å². The highest BCUT2D eigenvalue weighted by atomic mass is 15.3. The highest BCUT2D eigenvalue weighted by Crippen LogP contribution is 2.06. The molecular formula is C14H20N6. The van der Waals surface area contributed by atoms with E-state index in [0.717, 1.165) is 18.5 Å². The number of nitrogens with one attached hydrogen (secondary N) is 2. The van der Waals surface area contributed by atoms with Gasteiger partial charge in [0.25, 0.3) is 0 Å². The molecule has 6 nitrogen and oxygen atoms in total. The lowest BCUT2D eigenvalue weighted by molar-refractivity contribution is 0.738. The Morgan fingerprint density at radius 2 is 2.10 bits per heavy atom. The highest BCUT2D eigenvalue weighted by Gasteiger charge is 2.00. The number of pyridine rings is 1. The van der Waals surface area contributed by atoms with Crippen LogP contribution in [0, 0.1) is 0 Å². The number of nitrogens with zero attached hydrogens (tertiary/aromatic N) is 4. The molecule has 0 aromatic carbocycles. The molecule has 2 N–H and O–H groups in total. The van der Waals surface area contributed by atoms with E-state index in [0.29, 0.717) is 18.3 Å². The van der Waals surface area contributed by atoms with E-state index >= 15 is 0 Å². The maximum absolute atomic E-state index is 4.37. The van der Waals surface area contributed by atoms with Gasteiger partial charge in [-0.05, 0) is 18.1 Å². The summed E-state index contributed by atoms with van der Waals surface area (Å²) in [4.78, 5) is 8.44. The number of anilines is 2. The van der Waals surface area contributed by atoms with E-state index in [2.05, 4.69) is 37.7 Å². The van der Waals surface area contributed by atoms with E-state index in [9.17, 15) is 0 Å². The Morgan fingerprint density at radius 3 is 2.90 bits per heavy atom. The Hall–Kier alpha value is -2.24. The van der Waals surface area contributed by atoms with Crippen LogP contribution in [-0.2, 0) is 6.54 Å². The monoisotopic (exact) mass is 272 g/mol. The molecule has 0 aliphatic carbocycles. The minimum Gasteiger partial charge on any atom is -0.364 e. The van der Waals surface area contributed by atoms with Gasteiger partial charge >= 0.3 is 0 Å². The van der Waals surface area contributed by atoms with Crippen molar-refractivity contribution >= 4 is 11.8 Å². The third kappa shape index (κ3) is 4.79. The molecule has 2 aromatic heterocycles. The van der Waals surface area contributed by atoms with Gasteiger partial charge in [-0.2, -0.15) is 10.1 Å². The van der Waals surface area contributed by atoms with Gasteiger partial charge in [0.2, 0.25) is 5.95 Å². The van der Waals surface area contributed by atoms with E-state index in [4.69, 9.17) is 0 Å². The quantitative estimate of drug-likeness (QED) is 0.719. The van der Waals surface area contributed by atoms with Gasteiger partial charge in [0.1, 0.15) is 0 Å². The van der Waals surface area contributed by atoms with Gasteiger partial charge in [0.05, 0.1) is 6.20 Å². The molecule has 0 aliphatic heterocycles. The van der Waals surface area contributed by atoms with Crippen molar-refractivity contribution in [1.29, 1.82) is 0 Å². The van der Waals surface area contributed by atoms with E-state index in [1.807, 2.05) is 18.3 Å². The zero-order chi connectivity index (χ0) is 14.0. The average molecular weight is 272 g/mol. The molecule has 6 heteroatoms. The molecule has 0 bridgehead atoms. The average Bonchev–Trinajstić information content (AvgIpc) is 2.51. The summed E-state index contributed by atoms with van der Waals surface area (Å²) in [6, 6.07) is 3.93. The van der Waals surface area contributed by atoms with Crippen molar-refractivity contribution in [2.24, 2.45) is 0 Å². The summed E-state index contributed by atoms with van der Waals surface area (Å²) in [6.07, 6.45) is 8.73. The van der Waals surface area contributed by atoms with Gasteiger partial charge in [-0.3, -0.25) is 4.98 Å². The zero-order valence-corrected chi connectivity index (χ0v) is 11.7. The minimum atomic E-state index is 0.567. The van der Waals surface area contributed by atoms with Gasteiger partial charge in [0.15, 0.2) is 5.82 Å². The fourth-order valence-electron chi connectivity index (χ4n) is 1.73. The molecule has 0 unspecified atom stereocenters. The third-order valence-corrected chi connectivity index (χ3v) is 2.82. The van der Waals surface area contributed by atoms with Crippen molar-refractivity contribution in [1.82, 2.24) is 20.2 Å². The molecule has 20 heavy (non-hydrogen) atoms. The molecular weight excluding hydrogens is 252 g/mol. The molecule has 2 rings (SSSR count). The molecule has 106 valence electrons. The lowest BCUT2D eigenvalue weighted by atomic mass is 10.2. The van der Waals surface area contributed by atoms with Crippen molar-refractivity contribution in [3.05, 3.63) is 36.3 Å². The Balaban J connectivity index is 1.83. The first-order valence-electron chi connectivity index (χ1n) is 6.95. The smallest absolute Gasteiger partial charge is 0.244 e. The van der Waals surface area contributed by atoms with E-state index in [-0.39, 0.29) is 0 Å². The van der Waals surface area contributed by atoms with Crippen LogP contribution in [0.4, 0.5) is 11.8 Å². The first-order chi connectivity index (χ1) is 9.88. The SMILES string of the molecule is CCCCCNc1nncc(NCc2cccnc2)n1. The number of rotatable bonds is 8.